The molecule has 3 aromatic rings. The van der Waals surface area contributed by atoms with Gasteiger partial charge in [0.05, 0.1) is 12.3 Å². The molecule has 0 atom stereocenters. The molecule has 0 spiro atoms. The van der Waals surface area contributed by atoms with Gasteiger partial charge in [0.1, 0.15) is 18.1 Å². The molecule has 0 saturated heterocycles. The first-order valence-electron chi connectivity index (χ1n) is 10.3. The van der Waals surface area contributed by atoms with Crippen LogP contribution in [0.25, 0.3) is 0 Å². The SMILES string of the molecule is CCOc1ccc(OCc2cccc(C(=O)NCCCn3nc(C)cc3C)c2)cc1. The first-order valence-corrected chi connectivity index (χ1v) is 10.3. The van der Waals surface area contributed by atoms with Gasteiger partial charge in [0.25, 0.3) is 5.91 Å². The van der Waals surface area contributed by atoms with Gasteiger partial charge in [-0.05, 0) is 75.2 Å². The Balaban J connectivity index is 1.46. The zero-order chi connectivity index (χ0) is 21.3. The van der Waals surface area contributed by atoms with Crippen LogP contribution in [0.3, 0.4) is 0 Å². The summed E-state index contributed by atoms with van der Waals surface area (Å²) in [6.07, 6.45) is 0.828. The minimum atomic E-state index is -0.0775. The van der Waals surface area contributed by atoms with E-state index in [-0.39, 0.29) is 5.91 Å². The Labute approximate surface area is 177 Å². The molecule has 0 aliphatic heterocycles. The Morgan fingerprint density at radius 3 is 2.43 bits per heavy atom. The van der Waals surface area contributed by atoms with E-state index in [4.69, 9.17) is 9.47 Å². The number of aryl methyl sites for hydroxylation is 3. The average Bonchev–Trinajstić information content (AvgIpc) is 3.08. The third kappa shape index (κ3) is 6.11. The molecular formula is C24H29N3O3. The lowest BCUT2D eigenvalue weighted by molar-refractivity contribution is 0.0952. The van der Waals surface area contributed by atoms with E-state index in [1.807, 2.05) is 74.0 Å². The van der Waals surface area contributed by atoms with Crippen molar-refractivity contribution in [2.45, 2.75) is 40.3 Å². The van der Waals surface area contributed by atoms with E-state index in [9.17, 15) is 4.79 Å². The van der Waals surface area contributed by atoms with Gasteiger partial charge in [-0.3, -0.25) is 9.48 Å². The minimum Gasteiger partial charge on any atom is -0.494 e. The highest BCUT2D eigenvalue weighted by Gasteiger charge is 2.07. The molecule has 0 bridgehead atoms. The molecule has 6 nitrogen and oxygen atoms in total. The molecule has 0 saturated carbocycles. The van der Waals surface area contributed by atoms with Gasteiger partial charge in [0.2, 0.25) is 0 Å². The number of aromatic nitrogens is 2. The Hall–Kier alpha value is -3.28. The Morgan fingerprint density at radius 2 is 1.77 bits per heavy atom. The van der Waals surface area contributed by atoms with E-state index in [0.29, 0.717) is 25.3 Å². The van der Waals surface area contributed by atoms with Gasteiger partial charge in [-0.2, -0.15) is 5.10 Å². The van der Waals surface area contributed by atoms with Crippen molar-refractivity contribution in [3.63, 3.8) is 0 Å². The highest BCUT2D eigenvalue weighted by atomic mass is 16.5. The number of amides is 1. The number of hydrogen-bond donors (Lipinski definition) is 1. The first-order chi connectivity index (χ1) is 14.5. The predicted octanol–water partition coefficient (Wildman–Crippen LogP) is 4.30. The van der Waals surface area contributed by atoms with Crippen LogP contribution in [-0.2, 0) is 13.2 Å². The maximum Gasteiger partial charge on any atom is 0.251 e. The molecule has 1 aromatic heterocycles. The van der Waals surface area contributed by atoms with E-state index < -0.39 is 0 Å². The standard InChI is InChI=1S/C24H29N3O3/c1-4-29-22-9-11-23(12-10-22)30-17-20-7-5-8-21(16-20)24(28)25-13-6-14-27-19(3)15-18(2)26-27/h5,7-12,15-16H,4,6,13-14,17H2,1-3H3,(H,25,28). The minimum absolute atomic E-state index is 0.0775. The fraction of sp³-hybridized carbons (Fsp3) is 0.333. The van der Waals surface area contributed by atoms with Crippen molar-refractivity contribution in [1.82, 2.24) is 15.1 Å². The number of rotatable bonds is 10. The number of hydrogen-bond acceptors (Lipinski definition) is 4. The molecule has 2 aromatic carbocycles. The zero-order valence-electron chi connectivity index (χ0n) is 17.9. The lowest BCUT2D eigenvalue weighted by atomic mass is 10.1. The van der Waals surface area contributed by atoms with Crippen LogP contribution in [0.15, 0.2) is 54.6 Å². The summed E-state index contributed by atoms with van der Waals surface area (Å²) in [4.78, 5) is 12.5. The van der Waals surface area contributed by atoms with E-state index in [1.54, 1.807) is 0 Å². The van der Waals surface area contributed by atoms with Crippen molar-refractivity contribution >= 4 is 5.91 Å². The fourth-order valence-electron chi connectivity index (χ4n) is 3.20. The van der Waals surface area contributed by atoms with Gasteiger partial charge in [-0.15, -0.1) is 0 Å². The predicted molar refractivity (Wildman–Crippen MR) is 117 cm³/mol. The molecule has 0 radical (unpaired) electrons. The molecule has 0 aliphatic rings. The lowest BCUT2D eigenvalue weighted by Crippen LogP contribution is -2.25. The summed E-state index contributed by atoms with van der Waals surface area (Å²) >= 11 is 0. The van der Waals surface area contributed by atoms with E-state index in [1.165, 1.54) is 0 Å². The lowest BCUT2D eigenvalue weighted by Gasteiger charge is -2.10. The maximum absolute atomic E-state index is 12.5. The number of carbonyl (C=O) groups excluding carboxylic acids is 1. The van der Waals surface area contributed by atoms with Crippen molar-refractivity contribution < 1.29 is 14.3 Å². The first kappa shape index (κ1) is 21.4. The molecule has 6 heteroatoms. The molecule has 0 fully saturated rings. The largest absolute Gasteiger partial charge is 0.494 e. The smallest absolute Gasteiger partial charge is 0.251 e. The van der Waals surface area contributed by atoms with Gasteiger partial charge in [-0.25, -0.2) is 0 Å². The van der Waals surface area contributed by atoms with Gasteiger partial charge in [0, 0.05) is 24.3 Å². The normalized spacial score (nSPS) is 10.6. The van der Waals surface area contributed by atoms with Crippen LogP contribution >= 0.6 is 0 Å². The van der Waals surface area contributed by atoms with Crippen LogP contribution in [0.2, 0.25) is 0 Å². The van der Waals surface area contributed by atoms with Crippen LogP contribution < -0.4 is 14.8 Å². The molecule has 158 valence electrons. The van der Waals surface area contributed by atoms with Gasteiger partial charge in [0.15, 0.2) is 0 Å². The van der Waals surface area contributed by atoms with Crippen molar-refractivity contribution in [3.8, 4) is 11.5 Å². The second-order valence-electron chi connectivity index (χ2n) is 7.15. The average molecular weight is 408 g/mol. The van der Waals surface area contributed by atoms with Crippen LogP contribution in [0, 0.1) is 13.8 Å². The molecule has 1 amide bonds. The molecule has 0 unspecified atom stereocenters. The maximum atomic E-state index is 12.5. The van der Waals surface area contributed by atoms with Crippen LogP contribution in [0.5, 0.6) is 11.5 Å². The number of ether oxygens (including phenoxy) is 2. The van der Waals surface area contributed by atoms with Crippen molar-refractivity contribution in [2.75, 3.05) is 13.2 Å². The second-order valence-corrected chi connectivity index (χ2v) is 7.15. The zero-order valence-corrected chi connectivity index (χ0v) is 17.9. The Kier molecular flexibility index (Phi) is 7.49. The molecular weight excluding hydrogens is 378 g/mol. The summed E-state index contributed by atoms with van der Waals surface area (Å²) in [5, 5.41) is 7.42. The fourth-order valence-corrected chi connectivity index (χ4v) is 3.20. The van der Waals surface area contributed by atoms with E-state index in [0.717, 1.165) is 41.4 Å². The highest BCUT2D eigenvalue weighted by molar-refractivity contribution is 5.94. The Bertz CT molecular complexity index is 964. The third-order valence-corrected chi connectivity index (χ3v) is 4.67. The topological polar surface area (TPSA) is 65.4 Å². The van der Waals surface area contributed by atoms with Crippen molar-refractivity contribution in [1.29, 1.82) is 0 Å². The summed E-state index contributed by atoms with van der Waals surface area (Å²) < 4.78 is 13.2. The van der Waals surface area contributed by atoms with Crippen molar-refractivity contribution in [3.05, 3.63) is 77.1 Å². The highest BCUT2D eigenvalue weighted by Crippen LogP contribution is 2.19. The van der Waals surface area contributed by atoms with Crippen LogP contribution in [0.1, 0.15) is 40.7 Å². The summed E-state index contributed by atoms with van der Waals surface area (Å²) in [6.45, 7) is 8.40. The van der Waals surface area contributed by atoms with Gasteiger partial charge >= 0.3 is 0 Å². The van der Waals surface area contributed by atoms with Gasteiger partial charge < -0.3 is 14.8 Å². The molecule has 3 rings (SSSR count). The molecule has 30 heavy (non-hydrogen) atoms. The summed E-state index contributed by atoms with van der Waals surface area (Å²) in [5.74, 6) is 1.50. The Morgan fingerprint density at radius 1 is 1.03 bits per heavy atom. The third-order valence-electron chi connectivity index (χ3n) is 4.67. The second kappa shape index (κ2) is 10.5. The summed E-state index contributed by atoms with van der Waals surface area (Å²) in [6, 6.07) is 17.1. The number of nitrogens with zero attached hydrogens (tertiary/aromatic N) is 2. The number of carbonyl (C=O) groups is 1. The van der Waals surface area contributed by atoms with E-state index in [2.05, 4.69) is 16.5 Å². The summed E-state index contributed by atoms with van der Waals surface area (Å²) in [5.41, 5.74) is 3.73. The van der Waals surface area contributed by atoms with Crippen LogP contribution in [0.4, 0.5) is 0 Å². The monoisotopic (exact) mass is 407 g/mol. The molecule has 0 aliphatic carbocycles. The molecule has 1 heterocycles. The van der Waals surface area contributed by atoms with Gasteiger partial charge in [-0.1, -0.05) is 12.1 Å². The summed E-state index contributed by atoms with van der Waals surface area (Å²) in [7, 11) is 0. The number of nitrogens with one attached hydrogen (secondary N) is 1. The van der Waals surface area contributed by atoms with E-state index >= 15 is 0 Å². The van der Waals surface area contributed by atoms with Crippen molar-refractivity contribution in [2.24, 2.45) is 0 Å². The quantitative estimate of drug-likeness (QED) is 0.509. The number of benzene rings is 2. The van der Waals surface area contributed by atoms with Crippen LogP contribution in [-0.4, -0.2) is 28.8 Å². The molecule has 1 N–H and O–H groups in total.